The first-order chi connectivity index (χ1) is 15.8. The Morgan fingerprint density at radius 3 is 2.41 bits per heavy atom. The van der Waals surface area contributed by atoms with E-state index in [4.69, 9.17) is 4.99 Å². The molecule has 1 aromatic heterocycles. The van der Waals surface area contributed by atoms with E-state index in [1.165, 1.54) is 11.3 Å². The van der Waals surface area contributed by atoms with Crippen LogP contribution in [-0.4, -0.2) is 46.9 Å². The molecule has 0 radical (unpaired) electrons. The summed E-state index contributed by atoms with van der Waals surface area (Å²) in [4.78, 5) is 7.19. The largest absolute Gasteiger partial charge is 0.372 e. The van der Waals surface area contributed by atoms with Gasteiger partial charge in [0.2, 0.25) is 0 Å². The summed E-state index contributed by atoms with van der Waals surface area (Å²) in [6.07, 6.45) is 3.69. The van der Waals surface area contributed by atoms with Crippen molar-refractivity contribution in [3.63, 3.8) is 0 Å². The standard InChI is InChI=1S/C25H35N7/c1-3-24-30-29-21-32(24)19-17-27-25(28-20-22-12-7-5-8-13-22)26-16-11-18-31(4-2)23-14-9-6-10-15-23/h5-10,12-15,21H,3-4,11,16-20H2,1-2H3,(H2,26,27,28). The molecule has 170 valence electrons. The van der Waals surface area contributed by atoms with Crippen molar-refractivity contribution in [2.45, 2.75) is 39.8 Å². The van der Waals surface area contributed by atoms with Crippen molar-refractivity contribution in [2.75, 3.05) is 31.1 Å². The van der Waals surface area contributed by atoms with Crippen LogP contribution in [0.15, 0.2) is 72.0 Å². The molecule has 2 N–H and O–H groups in total. The van der Waals surface area contributed by atoms with Gasteiger partial charge in [-0.2, -0.15) is 0 Å². The summed E-state index contributed by atoms with van der Waals surface area (Å²) in [5.74, 6) is 1.84. The van der Waals surface area contributed by atoms with Crippen LogP contribution >= 0.6 is 0 Å². The highest BCUT2D eigenvalue weighted by molar-refractivity contribution is 5.79. The van der Waals surface area contributed by atoms with Gasteiger partial charge in [0.1, 0.15) is 12.2 Å². The molecule has 0 fully saturated rings. The lowest BCUT2D eigenvalue weighted by Gasteiger charge is -2.23. The van der Waals surface area contributed by atoms with E-state index in [-0.39, 0.29) is 0 Å². The predicted molar refractivity (Wildman–Crippen MR) is 132 cm³/mol. The van der Waals surface area contributed by atoms with Gasteiger partial charge in [0.25, 0.3) is 0 Å². The molecule has 0 spiro atoms. The smallest absolute Gasteiger partial charge is 0.191 e. The minimum atomic E-state index is 0.647. The molecule has 0 saturated carbocycles. The third kappa shape index (κ3) is 7.41. The van der Waals surface area contributed by atoms with Gasteiger partial charge in [-0.3, -0.25) is 0 Å². The van der Waals surface area contributed by atoms with Crippen LogP contribution in [0.25, 0.3) is 0 Å². The number of aromatic nitrogens is 3. The van der Waals surface area contributed by atoms with E-state index in [1.807, 2.05) is 18.2 Å². The molecule has 0 bridgehead atoms. The van der Waals surface area contributed by atoms with Crippen LogP contribution in [0.2, 0.25) is 0 Å². The molecule has 3 aromatic rings. The number of anilines is 1. The van der Waals surface area contributed by atoms with E-state index in [1.54, 1.807) is 6.33 Å². The van der Waals surface area contributed by atoms with Crippen LogP contribution in [0.4, 0.5) is 5.69 Å². The van der Waals surface area contributed by atoms with E-state index in [2.05, 4.69) is 86.6 Å². The number of nitrogens with one attached hydrogen (secondary N) is 2. The van der Waals surface area contributed by atoms with Crippen LogP contribution in [0.1, 0.15) is 31.7 Å². The Labute approximate surface area is 191 Å². The number of hydrogen-bond donors (Lipinski definition) is 2. The Morgan fingerprint density at radius 2 is 1.69 bits per heavy atom. The summed E-state index contributed by atoms with van der Waals surface area (Å²) in [5, 5.41) is 15.1. The Balaban J connectivity index is 1.51. The highest BCUT2D eigenvalue weighted by Crippen LogP contribution is 2.12. The lowest BCUT2D eigenvalue weighted by Crippen LogP contribution is -2.40. The van der Waals surface area contributed by atoms with E-state index in [0.717, 1.165) is 57.3 Å². The molecule has 0 atom stereocenters. The quantitative estimate of drug-likeness (QED) is 0.260. The highest BCUT2D eigenvalue weighted by atomic mass is 15.3. The minimum Gasteiger partial charge on any atom is -0.372 e. The lowest BCUT2D eigenvalue weighted by molar-refractivity contribution is 0.628. The number of aryl methyl sites for hydroxylation is 1. The lowest BCUT2D eigenvalue weighted by atomic mass is 10.2. The zero-order valence-corrected chi connectivity index (χ0v) is 19.2. The number of para-hydroxylation sites is 1. The molecule has 7 heteroatoms. The third-order valence-corrected chi connectivity index (χ3v) is 5.32. The van der Waals surface area contributed by atoms with Crippen LogP contribution < -0.4 is 15.5 Å². The van der Waals surface area contributed by atoms with Gasteiger partial charge in [0.05, 0.1) is 6.54 Å². The van der Waals surface area contributed by atoms with Gasteiger partial charge in [-0.25, -0.2) is 4.99 Å². The van der Waals surface area contributed by atoms with Gasteiger partial charge in [-0.15, -0.1) is 10.2 Å². The molecule has 0 saturated heterocycles. The maximum Gasteiger partial charge on any atom is 0.191 e. The number of benzene rings is 2. The second kappa shape index (κ2) is 13.1. The topological polar surface area (TPSA) is 70.4 Å². The van der Waals surface area contributed by atoms with Crippen molar-refractivity contribution >= 4 is 11.6 Å². The molecular weight excluding hydrogens is 398 g/mol. The summed E-state index contributed by atoms with van der Waals surface area (Å²) < 4.78 is 2.08. The molecule has 0 unspecified atom stereocenters. The molecule has 7 nitrogen and oxygen atoms in total. The van der Waals surface area contributed by atoms with Gasteiger partial charge in [0, 0.05) is 44.8 Å². The van der Waals surface area contributed by atoms with Gasteiger partial charge in [0.15, 0.2) is 5.96 Å². The molecule has 0 aliphatic carbocycles. The summed E-state index contributed by atoms with van der Waals surface area (Å²) in [7, 11) is 0. The molecule has 0 aliphatic heterocycles. The fourth-order valence-corrected chi connectivity index (χ4v) is 3.55. The van der Waals surface area contributed by atoms with Crippen molar-refractivity contribution in [1.29, 1.82) is 0 Å². The van der Waals surface area contributed by atoms with Crippen molar-refractivity contribution in [3.05, 3.63) is 78.4 Å². The van der Waals surface area contributed by atoms with Crippen molar-refractivity contribution < 1.29 is 0 Å². The third-order valence-electron chi connectivity index (χ3n) is 5.32. The first kappa shape index (κ1) is 23.3. The van der Waals surface area contributed by atoms with E-state index in [9.17, 15) is 0 Å². The van der Waals surface area contributed by atoms with Crippen LogP contribution in [0.3, 0.4) is 0 Å². The molecule has 2 aromatic carbocycles. The first-order valence-corrected chi connectivity index (χ1v) is 11.5. The number of nitrogens with zero attached hydrogens (tertiary/aromatic N) is 5. The van der Waals surface area contributed by atoms with Gasteiger partial charge in [-0.05, 0) is 31.0 Å². The maximum absolute atomic E-state index is 4.79. The number of aliphatic imine (C=N–C) groups is 1. The van der Waals surface area contributed by atoms with Crippen LogP contribution in [0, 0.1) is 0 Å². The average molecular weight is 434 g/mol. The van der Waals surface area contributed by atoms with Crippen LogP contribution in [-0.2, 0) is 19.5 Å². The molecule has 0 amide bonds. The summed E-state index contributed by atoms with van der Waals surface area (Å²) in [6, 6.07) is 20.9. The molecule has 32 heavy (non-hydrogen) atoms. The van der Waals surface area contributed by atoms with E-state index >= 15 is 0 Å². The first-order valence-electron chi connectivity index (χ1n) is 11.5. The summed E-state index contributed by atoms with van der Waals surface area (Å²) >= 11 is 0. The fourth-order valence-electron chi connectivity index (χ4n) is 3.55. The molecule has 1 heterocycles. The Kier molecular flexibility index (Phi) is 9.58. The van der Waals surface area contributed by atoms with Crippen LogP contribution in [0.5, 0.6) is 0 Å². The predicted octanol–water partition coefficient (Wildman–Crippen LogP) is 3.49. The SMILES string of the molecule is CCc1nncn1CCNC(=NCc1ccccc1)NCCCN(CC)c1ccccc1. The average Bonchev–Trinajstić information content (AvgIpc) is 3.31. The second-order valence-corrected chi connectivity index (χ2v) is 7.57. The number of rotatable bonds is 12. The molecule has 0 aliphatic rings. The zero-order valence-electron chi connectivity index (χ0n) is 19.2. The number of guanidine groups is 1. The van der Waals surface area contributed by atoms with Gasteiger partial charge >= 0.3 is 0 Å². The summed E-state index contributed by atoms with van der Waals surface area (Å²) in [5.41, 5.74) is 2.47. The molecule has 3 rings (SSSR count). The fraction of sp³-hybridized carbons (Fsp3) is 0.400. The Morgan fingerprint density at radius 1 is 0.969 bits per heavy atom. The van der Waals surface area contributed by atoms with Crippen molar-refractivity contribution in [2.24, 2.45) is 4.99 Å². The number of hydrogen-bond acceptors (Lipinski definition) is 4. The monoisotopic (exact) mass is 433 g/mol. The van der Waals surface area contributed by atoms with Crippen molar-refractivity contribution in [1.82, 2.24) is 25.4 Å². The van der Waals surface area contributed by atoms with Gasteiger partial charge < -0.3 is 20.1 Å². The summed E-state index contributed by atoms with van der Waals surface area (Å²) in [6.45, 7) is 9.36. The second-order valence-electron chi connectivity index (χ2n) is 7.57. The Hall–Kier alpha value is -3.35. The van der Waals surface area contributed by atoms with Crippen molar-refractivity contribution in [3.8, 4) is 0 Å². The Bertz CT molecular complexity index is 922. The minimum absolute atomic E-state index is 0.647. The highest BCUT2D eigenvalue weighted by Gasteiger charge is 2.05. The normalized spacial score (nSPS) is 11.4. The zero-order chi connectivity index (χ0) is 22.4. The molecular formula is C25H35N7. The van der Waals surface area contributed by atoms with E-state index < -0.39 is 0 Å². The van der Waals surface area contributed by atoms with E-state index in [0.29, 0.717) is 6.54 Å². The van der Waals surface area contributed by atoms with Gasteiger partial charge in [-0.1, -0.05) is 55.5 Å². The maximum atomic E-state index is 4.79.